The van der Waals surface area contributed by atoms with Gasteiger partial charge in [-0.2, -0.15) is 0 Å². The van der Waals surface area contributed by atoms with Crippen molar-refractivity contribution in [3.63, 3.8) is 0 Å². The maximum absolute atomic E-state index is 12.6. The zero-order valence-electron chi connectivity index (χ0n) is 41.6. The Morgan fingerprint density at radius 3 is 0.902 bits per heavy atom. The van der Waals surface area contributed by atoms with Gasteiger partial charge in [0.1, 0.15) is 6.10 Å². The molecular formula is C56H111NO4. The van der Waals surface area contributed by atoms with Crippen molar-refractivity contribution in [2.45, 2.75) is 334 Å². The van der Waals surface area contributed by atoms with E-state index >= 15 is 0 Å². The van der Waals surface area contributed by atoms with E-state index in [1.807, 2.05) is 0 Å². The largest absolute Gasteiger partial charge is 0.394 e. The van der Waals surface area contributed by atoms with Crippen LogP contribution in [0.5, 0.6) is 0 Å². The minimum atomic E-state index is -1.07. The summed E-state index contributed by atoms with van der Waals surface area (Å²) in [5, 5.41) is 33.5. The summed E-state index contributed by atoms with van der Waals surface area (Å²) in [5.74, 6) is -0.465. The minimum Gasteiger partial charge on any atom is -0.394 e. The predicted octanol–water partition coefficient (Wildman–Crippen LogP) is 17.1. The molecule has 4 N–H and O–H groups in total. The fourth-order valence-corrected chi connectivity index (χ4v) is 9.01. The van der Waals surface area contributed by atoms with Gasteiger partial charge in [-0.1, -0.05) is 289 Å². The van der Waals surface area contributed by atoms with E-state index in [-0.39, 0.29) is 6.61 Å². The second kappa shape index (κ2) is 51.7. The molecule has 0 aliphatic carbocycles. The van der Waals surface area contributed by atoms with Crippen LogP contribution in [0.15, 0.2) is 12.2 Å². The molecule has 0 radical (unpaired) electrons. The van der Waals surface area contributed by atoms with Gasteiger partial charge in [-0.05, 0) is 38.5 Å². The lowest BCUT2D eigenvalue weighted by atomic mass is 10.0. The van der Waals surface area contributed by atoms with Gasteiger partial charge in [-0.15, -0.1) is 0 Å². The first-order valence-electron chi connectivity index (χ1n) is 28.0. The van der Waals surface area contributed by atoms with E-state index in [0.29, 0.717) is 12.8 Å². The van der Waals surface area contributed by atoms with Gasteiger partial charge < -0.3 is 20.6 Å². The van der Waals surface area contributed by atoms with Gasteiger partial charge in [0.05, 0.1) is 18.8 Å². The Balaban J connectivity index is 3.48. The maximum atomic E-state index is 12.6. The summed E-state index contributed by atoms with van der Waals surface area (Å²) < 4.78 is 0. The third-order valence-electron chi connectivity index (χ3n) is 13.4. The van der Waals surface area contributed by atoms with Crippen LogP contribution < -0.4 is 5.32 Å². The van der Waals surface area contributed by atoms with Crippen LogP contribution in [-0.4, -0.2) is 46.1 Å². The summed E-state index contributed by atoms with van der Waals surface area (Å²) in [5.41, 5.74) is 0. The second-order valence-corrected chi connectivity index (χ2v) is 19.5. The smallest absolute Gasteiger partial charge is 0.249 e. The molecule has 0 spiro atoms. The first-order valence-corrected chi connectivity index (χ1v) is 28.0. The zero-order valence-corrected chi connectivity index (χ0v) is 41.6. The molecule has 0 heterocycles. The molecule has 3 atom stereocenters. The molecule has 1 amide bonds. The summed E-state index contributed by atoms with van der Waals surface area (Å²) >= 11 is 0. The molecule has 0 saturated heterocycles. The Bertz CT molecular complexity index is 864. The SMILES string of the molecule is CCCCCCCCCCCCCC/C=C\CCCCCCCCCCCCCCCCCC(O)C(=O)NC(CO)C(O)CCCCCCCCCCCCCCCCCC. The molecule has 3 unspecified atom stereocenters. The molecule has 364 valence electrons. The van der Waals surface area contributed by atoms with Crippen LogP contribution in [0.4, 0.5) is 0 Å². The number of rotatable bonds is 52. The summed E-state index contributed by atoms with van der Waals surface area (Å²) in [6.45, 7) is 4.27. The highest BCUT2D eigenvalue weighted by Gasteiger charge is 2.23. The highest BCUT2D eigenvalue weighted by atomic mass is 16.3. The van der Waals surface area contributed by atoms with Crippen LogP contribution in [0.2, 0.25) is 0 Å². The van der Waals surface area contributed by atoms with E-state index in [2.05, 4.69) is 31.3 Å². The number of unbranched alkanes of at least 4 members (excludes halogenated alkanes) is 42. The molecular weight excluding hydrogens is 751 g/mol. The number of hydrogen-bond acceptors (Lipinski definition) is 4. The van der Waals surface area contributed by atoms with Crippen molar-refractivity contribution in [1.29, 1.82) is 0 Å². The number of hydrogen-bond donors (Lipinski definition) is 4. The fourth-order valence-electron chi connectivity index (χ4n) is 9.01. The van der Waals surface area contributed by atoms with Crippen molar-refractivity contribution >= 4 is 5.91 Å². The molecule has 61 heavy (non-hydrogen) atoms. The number of nitrogens with one attached hydrogen (secondary N) is 1. The molecule has 0 aromatic carbocycles. The Morgan fingerprint density at radius 2 is 0.623 bits per heavy atom. The molecule has 0 aromatic rings. The second-order valence-electron chi connectivity index (χ2n) is 19.5. The van der Waals surface area contributed by atoms with Gasteiger partial charge in [0.15, 0.2) is 0 Å². The number of carbonyl (C=O) groups excluding carboxylic acids is 1. The van der Waals surface area contributed by atoms with Crippen LogP contribution in [-0.2, 0) is 4.79 Å². The predicted molar refractivity (Wildman–Crippen MR) is 269 cm³/mol. The van der Waals surface area contributed by atoms with Crippen LogP contribution in [0.3, 0.4) is 0 Å². The summed E-state index contributed by atoms with van der Waals surface area (Å²) in [7, 11) is 0. The van der Waals surface area contributed by atoms with Gasteiger partial charge in [-0.3, -0.25) is 4.79 Å². The molecule has 0 saturated carbocycles. The molecule has 0 aromatic heterocycles. The van der Waals surface area contributed by atoms with Crippen molar-refractivity contribution in [2.24, 2.45) is 0 Å². The number of carbonyl (C=O) groups is 1. The third-order valence-corrected chi connectivity index (χ3v) is 13.4. The van der Waals surface area contributed by atoms with Crippen molar-refractivity contribution < 1.29 is 20.1 Å². The molecule has 0 bridgehead atoms. The quantitative estimate of drug-likeness (QED) is 0.0362. The summed E-state index contributed by atoms with van der Waals surface area (Å²) in [6, 6.07) is -0.709. The van der Waals surface area contributed by atoms with E-state index < -0.39 is 24.2 Å². The van der Waals surface area contributed by atoms with E-state index in [1.54, 1.807) is 0 Å². The molecule has 5 nitrogen and oxygen atoms in total. The third kappa shape index (κ3) is 46.9. The van der Waals surface area contributed by atoms with Gasteiger partial charge in [0.2, 0.25) is 5.91 Å². The monoisotopic (exact) mass is 862 g/mol. The Labute approximate surface area is 382 Å². The van der Waals surface area contributed by atoms with Crippen molar-refractivity contribution in [3.05, 3.63) is 12.2 Å². The van der Waals surface area contributed by atoms with Gasteiger partial charge in [0, 0.05) is 0 Å². The Morgan fingerprint density at radius 1 is 0.377 bits per heavy atom. The van der Waals surface area contributed by atoms with Crippen molar-refractivity contribution in [2.75, 3.05) is 6.61 Å². The van der Waals surface area contributed by atoms with E-state index in [9.17, 15) is 20.1 Å². The highest BCUT2D eigenvalue weighted by Crippen LogP contribution is 2.18. The minimum absolute atomic E-state index is 0.309. The fraction of sp³-hybridized carbons (Fsp3) is 0.946. The molecule has 5 heteroatoms. The molecule has 0 aliphatic heterocycles. The Kier molecular flexibility index (Phi) is 51.0. The van der Waals surface area contributed by atoms with E-state index in [1.165, 1.54) is 257 Å². The molecule has 0 fully saturated rings. The highest BCUT2D eigenvalue weighted by molar-refractivity contribution is 5.80. The molecule has 0 aliphatic rings. The summed E-state index contributed by atoms with van der Waals surface area (Å²) in [6.07, 6.45) is 64.0. The first-order chi connectivity index (χ1) is 30.1. The number of aliphatic hydroxyl groups excluding tert-OH is 3. The van der Waals surface area contributed by atoms with Crippen molar-refractivity contribution in [3.8, 4) is 0 Å². The standard InChI is InChI=1S/C56H111NO4/c1-3-5-7-9-11-13-15-17-19-21-22-23-24-25-26-27-28-29-30-31-32-33-34-35-37-39-41-43-45-47-49-51-55(60)56(61)57-53(52-58)54(59)50-48-46-44-42-40-38-36-20-18-16-14-12-10-8-6-4-2/h25-26,53-55,58-60H,3-24,27-52H2,1-2H3,(H,57,61)/b26-25-. The number of aliphatic hydroxyl groups is 3. The molecule has 0 rings (SSSR count). The zero-order chi connectivity index (χ0) is 44.4. The summed E-state index contributed by atoms with van der Waals surface area (Å²) in [4.78, 5) is 12.6. The topological polar surface area (TPSA) is 89.8 Å². The van der Waals surface area contributed by atoms with Crippen LogP contribution in [0, 0.1) is 0 Å². The number of allylic oxidation sites excluding steroid dienone is 2. The Hall–Kier alpha value is -0.910. The number of amides is 1. The lowest BCUT2D eigenvalue weighted by Gasteiger charge is -2.23. The van der Waals surface area contributed by atoms with Crippen LogP contribution in [0.25, 0.3) is 0 Å². The van der Waals surface area contributed by atoms with E-state index in [0.717, 1.165) is 32.1 Å². The van der Waals surface area contributed by atoms with Gasteiger partial charge in [-0.25, -0.2) is 0 Å². The maximum Gasteiger partial charge on any atom is 0.249 e. The van der Waals surface area contributed by atoms with E-state index in [4.69, 9.17) is 0 Å². The average Bonchev–Trinajstić information content (AvgIpc) is 3.26. The van der Waals surface area contributed by atoms with Gasteiger partial charge >= 0.3 is 0 Å². The lowest BCUT2D eigenvalue weighted by Crippen LogP contribution is -2.49. The average molecular weight is 863 g/mol. The van der Waals surface area contributed by atoms with Crippen molar-refractivity contribution in [1.82, 2.24) is 5.32 Å². The lowest BCUT2D eigenvalue weighted by molar-refractivity contribution is -0.131. The van der Waals surface area contributed by atoms with Crippen LogP contribution in [0.1, 0.15) is 316 Å². The first kappa shape index (κ1) is 60.1. The normalized spacial score (nSPS) is 13.3. The van der Waals surface area contributed by atoms with Gasteiger partial charge in [0.25, 0.3) is 0 Å². The van der Waals surface area contributed by atoms with Crippen LogP contribution >= 0.6 is 0 Å².